The Balaban J connectivity index is 1.96. The molecule has 1 amide bonds. The minimum absolute atomic E-state index is 0.251. The third-order valence-electron chi connectivity index (χ3n) is 2.38. The number of carbonyl (C=O) groups excluding carboxylic acids is 1. The zero-order valence-corrected chi connectivity index (χ0v) is 12.5. The summed E-state index contributed by atoms with van der Waals surface area (Å²) in [4.78, 5) is 16.0. The van der Waals surface area contributed by atoms with Crippen molar-refractivity contribution in [2.24, 2.45) is 4.99 Å². The van der Waals surface area contributed by atoms with Crippen LogP contribution in [0.25, 0.3) is 0 Å². The Morgan fingerprint density at radius 3 is 2.95 bits per heavy atom. The molecule has 1 unspecified atom stereocenters. The Kier molecular flexibility index (Phi) is 4.96. The number of benzene rings is 1. The first-order chi connectivity index (χ1) is 9.06. The Morgan fingerprint density at radius 2 is 2.32 bits per heavy atom. The smallest absolute Gasteiger partial charge is 0.266 e. The molecule has 2 rings (SSSR count). The van der Waals surface area contributed by atoms with Gasteiger partial charge in [-0.2, -0.15) is 0 Å². The van der Waals surface area contributed by atoms with Gasteiger partial charge in [0.15, 0.2) is 11.3 Å². The molecule has 1 heterocycles. The van der Waals surface area contributed by atoms with Crippen molar-refractivity contribution in [1.29, 1.82) is 0 Å². The maximum atomic E-state index is 11.9. The minimum atomic E-state index is -0.664. The van der Waals surface area contributed by atoms with E-state index >= 15 is 0 Å². The fourth-order valence-electron chi connectivity index (χ4n) is 1.43. The molecular weight excluding hydrogens is 307 g/mol. The SMILES string of the molecule is CC(Oc1ccc(Cl)cc1Cl)C(=O)NC1=NCCS1. The molecule has 102 valence electrons. The molecule has 0 saturated heterocycles. The van der Waals surface area contributed by atoms with Crippen molar-refractivity contribution in [3.8, 4) is 5.75 Å². The number of hydrogen-bond acceptors (Lipinski definition) is 4. The second kappa shape index (κ2) is 6.50. The predicted molar refractivity (Wildman–Crippen MR) is 79.5 cm³/mol. The average Bonchev–Trinajstić information content (AvgIpc) is 2.85. The molecule has 0 aliphatic carbocycles. The van der Waals surface area contributed by atoms with E-state index in [1.165, 1.54) is 11.8 Å². The second-order valence-electron chi connectivity index (χ2n) is 3.86. The summed E-state index contributed by atoms with van der Waals surface area (Å²) in [7, 11) is 0. The molecule has 0 spiro atoms. The van der Waals surface area contributed by atoms with Crippen LogP contribution in [0.2, 0.25) is 10.0 Å². The molecule has 1 aromatic carbocycles. The third kappa shape index (κ3) is 4.03. The summed E-state index contributed by atoms with van der Waals surface area (Å²) in [5.74, 6) is 1.07. The zero-order chi connectivity index (χ0) is 13.8. The minimum Gasteiger partial charge on any atom is -0.479 e. The lowest BCUT2D eigenvalue weighted by atomic mass is 10.3. The Labute approximate surface area is 125 Å². The molecule has 1 aliphatic rings. The van der Waals surface area contributed by atoms with Crippen molar-refractivity contribution in [2.75, 3.05) is 12.3 Å². The summed E-state index contributed by atoms with van der Waals surface area (Å²) in [5.41, 5.74) is 0. The van der Waals surface area contributed by atoms with Crippen molar-refractivity contribution in [1.82, 2.24) is 5.32 Å². The van der Waals surface area contributed by atoms with Gasteiger partial charge >= 0.3 is 0 Å². The van der Waals surface area contributed by atoms with E-state index in [1.807, 2.05) is 0 Å². The van der Waals surface area contributed by atoms with Gasteiger partial charge in [0.25, 0.3) is 5.91 Å². The monoisotopic (exact) mass is 318 g/mol. The first-order valence-electron chi connectivity index (χ1n) is 5.66. The van der Waals surface area contributed by atoms with Gasteiger partial charge in [0.1, 0.15) is 5.75 Å². The number of nitrogens with one attached hydrogen (secondary N) is 1. The van der Waals surface area contributed by atoms with Gasteiger partial charge in [-0.1, -0.05) is 35.0 Å². The number of amides is 1. The highest BCUT2D eigenvalue weighted by molar-refractivity contribution is 8.14. The molecule has 19 heavy (non-hydrogen) atoms. The van der Waals surface area contributed by atoms with Crippen LogP contribution in [0.1, 0.15) is 6.92 Å². The van der Waals surface area contributed by atoms with Crippen LogP contribution in [0.5, 0.6) is 5.75 Å². The number of ether oxygens (including phenoxy) is 1. The molecule has 1 aromatic rings. The topological polar surface area (TPSA) is 50.7 Å². The lowest BCUT2D eigenvalue weighted by molar-refractivity contribution is -0.125. The fraction of sp³-hybridized carbons (Fsp3) is 0.333. The van der Waals surface area contributed by atoms with Crippen molar-refractivity contribution in [3.63, 3.8) is 0 Å². The van der Waals surface area contributed by atoms with E-state index in [1.54, 1.807) is 25.1 Å². The largest absolute Gasteiger partial charge is 0.479 e. The maximum absolute atomic E-state index is 11.9. The van der Waals surface area contributed by atoms with E-state index in [0.717, 1.165) is 12.3 Å². The molecule has 0 radical (unpaired) electrons. The Morgan fingerprint density at radius 1 is 1.53 bits per heavy atom. The first-order valence-corrected chi connectivity index (χ1v) is 7.40. The van der Waals surface area contributed by atoms with Crippen LogP contribution in [-0.2, 0) is 4.79 Å². The van der Waals surface area contributed by atoms with E-state index in [4.69, 9.17) is 27.9 Å². The van der Waals surface area contributed by atoms with Gasteiger partial charge in [-0.15, -0.1) is 0 Å². The third-order valence-corrected chi connectivity index (χ3v) is 3.80. The molecular formula is C12H12Cl2N2O2S. The lowest BCUT2D eigenvalue weighted by Gasteiger charge is -2.15. The first kappa shape index (κ1) is 14.5. The Bertz CT molecular complexity index is 522. The summed E-state index contributed by atoms with van der Waals surface area (Å²) < 4.78 is 5.51. The van der Waals surface area contributed by atoms with E-state index in [-0.39, 0.29) is 5.91 Å². The number of thioether (sulfide) groups is 1. The highest BCUT2D eigenvalue weighted by Crippen LogP contribution is 2.28. The van der Waals surface area contributed by atoms with Gasteiger partial charge < -0.3 is 10.1 Å². The van der Waals surface area contributed by atoms with E-state index < -0.39 is 6.10 Å². The van der Waals surface area contributed by atoms with Gasteiger partial charge in [0.05, 0.1) is 11.6 Å². The average molecular weight is 319 g/mol. The van der Waals surface area contributed by atoms with Gasteiger partial charge in [-0.25, -0.2) is 0 Å². The summed E-state index contributed by atoms with van der Waals surface area (Å²) in [5, 5.41) is 4.25. The number of hydrogen-bond donors (Lipinski definition) is 1. The van der Waals surface area contributed by atoms with Crippen LogP contribution >= 0.6 is 35.0 Å². The maximum Gasteiger partial charge on any atom is 0.266 e. The number of halogens is 2. The van der Waals surface area contributed by atoms with Crippen LogP contribution in [0.3, 0.4) is 0 Å². The van der Waals surface area contributed by atoms with Crippen molar-refractivity contribution in [3.05, 3.63) is 28.2 Å². The number of aliphatic imine (C=N–C) groups is 1. The molecule has 4 nitrogen and oxygen atoms in total. The fourth-order valence-corrected chi connectivity index (χ4v) is 2.62. The van der Waals surface area contributed by atoms with Gasteiger partial charge in [-0.05, 0) is 25.1 Å². The molecule has 0 bridgehead atoms. The molecule has 1 N–H and O–H groups in total. The number of nitrogens with zero attached hydrogens (tertiary/aromatic N) is 1. The number of amidine groups is 1. The van der Waals surface area contributed by atoms with Gasteiger partial charge in [0, 0.05) is 10.8 Å². The molecule has 7 heteroatoms. The summed E-state index contributed by atoms with van der Waals surface area (Å²) in [6, 6.07) is 4.86. The number of carbonyl (C=O) groups is 1. The van der Waals surface area contributed by atoms with E-state index in [9.17, 15) is 4.79 Å². The van der Waals surface area contributed by atoms with Crippen LogP contribution in [0.4, 0.5) is 0 Å². The quantitative estimate of drug-likeness (QED) is 0.932. The van der Waals surface area contributed by atoms with Crippen LogP contribution < -0.4 is 10.1 Å². The van der Waals surface area contributed by atoms with Gasteiger partial charge in [0.2, 0.25) is 0 Å². The molecule has 1 aliphatic heterocycles. The van der Waals surface area contributed by atoms with Crippen molar-refractivity contribution < 1.29 is 9.53 Å². The molecule has 1 atom stereocenters. The summed E-state index contributed by atoms with van der Waals surface area (Å²) in [6.45, 7) is 2.39. The summed E-state index contributed by atoms with van der Waals surface area (Å²) in [6.07, 6.45) is -0.664. The highest BCUT2D eigenvalue weighted by Gasteiger charge is 2.19. The van der Waals surface area contributed by atoms with Crippen LogP contribution in [0.15, 0.2) is 23.2 Å². The second-order valence-corrected chi connectivity index (χ2v) is 5.79. The molecule has 0 aromatic heterocycles. The molecule has 0 fully saturated rings. The highest BCUT2D eigenvalue weighted by atomic mass is 35.5. The van der Waals surface area contributed by atoms with Crippen molar-refractivity contribution >= 4 is 46.0 Å². The lowest BCUT2D eigenvalue weighted by Crippen LogP contribution is -2.38. The van der Waals surface area contributed by atoms with Crippen LogP contribution in [-0.4, -0.2) is 29.5 Å². The van der Waals surface area contributed by atoms with Crippen LogP contribution in [0, 0.1) is 0 Å². The standard InChI is InChI=1S/C12H12Cl2N2O2S/c1-7(11(17)16-12-15-4-5-19-12)18-10-3-2-8(13)6-9(10)14/h2-3,6-7H,4-5H2,1H3,(H,15,16,17). The van der Waals surface area contributed by atoms with E-state index in [0.29, 0.717) is 21.0 Å². The predicted octanol–water partition coefficient (Wildman–Crippen LogP) is 2.98. The normalized spacial score (nSPS) is 15.8. The Hall–Kier alpha value is -0.910. The van der Waals surface area contributed by atoms with Gasteiger partial charge in [-0.3, -0.25) is 9.79 Å². The zero-order valence-electron chi connectivity index (χ0n) is 10.2. The molecule has 0 saturated carbocycles. The number of rotatable bonds is 3. The van der Waals surface area contributed by atoms with E-state index in [2.05, 4.69) is 10.3 Å². The van der Waals surface area contributed by atoms with Crippen molar-refractivity contribution in [2.45, 2.75) is 13.0 Å². The summed E-state index contributed by atoms with van der Waals surface area (Å²) >= 11 is 13.3.